The summed E-state index contributed by atoms with van der Waals surface area (Å²) in [6.07, 6.45) is 7.69. The van der Waals surface area contributed by atoms with Crippen LogP contribution in [0.5, 0.6) is 0 Å². The van der Waals surface area contributed by atoms with Crippen molar-refractivity contribution in [2.24, 2.45) is 0 Å². The number of nitrogens with zero attached hydrogens (tertiary/aromatic N) is 2. The van der Waals surface area contributed by atoms with E-state index in [1.54, 1.807) is 18.3 Å². The van der Waals surface area contributed by atoms with Crippen LogP contribution < -0.4 is 5.56 Å². The highest BCUT2D eigenvalue weighted by molar-refractivity contribution is 5.72. The molecule has 3 rings (SSSR count). The van der Waals surface area contributed by atoms with Gasteiger partial charge in [0.15, 0.2) is 5.65 Å². The molecule has 4 heteroatoms. The molecule has 0 bridgehead atoms. The van der Waals surface area contributed by atoms with Gasteiger partial charge >= 0.3 is 0 Å². The summed E-state index contributed by atoms with van der Waals surface area (Å²) >= 11 is 0. The third-order valence-electron chi connectivity index (χ3n) is 3.49. The van der Waals surface area contributed by atoms with E-state index in [1.807, 2.05) is 0 Å². The lowest BCUT2D eigenvalue weighted by Gasteiger charge is -2.20. The average Bonchev–Trinajstić information content (AvgIpc) is 2.40. The van der Waals surface area contributed by atoms with E-state index in [0.717, 1.165) is 18.7 Å². The lowest BCUT2D eigenvalue weighted by Crippen LogP contribution is -2.17. The number of aromatic nitrogens is 3. The molecule has 1 saturated carbocycles. The second kappa shape index (κ2) is 4.28. The lowest BCUT2D eigenvalue weighted by atomic mass is 9.89. The summed E-state index contributed by atoms with van der Waals surface area (Å²) in [5.41, 5.74) is 0.500. The molecule has 1 fully saturated rings. The topological polar surface area (TPSA) is 58.6 Å². The number of hydrogen-bond donors (Lipinski definition) is 1. The van der Waals surface area contributed by atoms with Crippen molar-refractivity contribution in [2.75, 3.05) is 0 Å². The fourth-order valence-electron chi connectivity index (χ4n) is 2.56. The molecule has 17 heavy (non-hydrogen) atoms. The summed E-state index contributed by atoms with van der Waals surface area (Å²) in [5.74, 6) is 1.23. The monoisotopic (exact) mass is 229 g/mol. The minimum absolute atomic E-state index is 0.0660. The normalized spacial score (nSPS) is 17.4. The van der Waals surface area contributed by atoms with Crippen LogP contribution in [0.1, 0.15) is 43.8 Å². The van der Waals surface area contributed by atoms with Crippen LogP contribution >= 0.6 is 0 Å². The molecule has 1 aliphatic carbocycles. The third kappa shape index (κ3) is 1.95. The zero-order chi connectivity index (χ0) is 11.7. The molecule has 2 aromatic heterocycles. The van der Waals surface area contributed by atoms with Crippen molar-refractivity contribution in [2.45, 2.75) is 38.0 Å². The molecule has 0 aliphatic heterocycles. The number of rotatable bonds is 1. The van der Waals surface area contributed by atoms with Gasteiger partial charge in [0.2, 0.25) is 0 Å². The van der Waals surface area contributed by atoms with Gasteiger partial charge in [0, 0.05) is 12.1 Å². The quantitative estimate of drug-likeness (QED) is 0.816. The van der Waals surface area contributed by atoms with Gasteiger partial charge in [-0.25, -0.2) is 9.97 Å². The van der Waals surface area contributed by atoms with E-state index in [2.05, 4.69) is 15.0 Å². The van der Waals surface area contributed by atoms with Gasteiger partial charge in [0.1, 0.15) is 5.82 Å². The highest BCUT2D eigenvalue weighted by atomic mass is 16.1. The number of aromatic amines is 1. The standard InChI is InChI=1S/C13H15N3O/c17-13-10-7-4-8-14-12(10)15-11(16-13)9-5-2-1-3-6-9/h4,7-9H,1-3,5-6H2,(H,14,15,16,17). The number of pyridine rings is 1. The fraction of sp³-hybridized carbons (Fsp3) is 0.462. The van der Waals surface area contributed by atoms with Crippen molar-refractivity contribution in [3.05, 3.63) is 34.5 Å². The third-order valence-corrected chi connectivity index (χ3v) is 3.49. The predicted octanol–water partition coefficient (Wildman–Crippen LogP) is 2.37. The number of fused-ring (bicyclic) bond motifs is 1. The molecule has 4 nitrogen and oxygen atoms in total. The Labute approximate surface area is 99.1 Å². The van der Waals surface area contributed by atoms with Crippen LogP contribution in [0.3, 0.4) is 0 Å². The summed E-state index contributed by atoms with van der Waals surface area (Å²) in [7, 11) is 0. The van der Waals surface area contributed by atoms with Gasteiger partial charge in [-0.1, -0.05) is 19.3 Å². The maximum absolute atomic E-state index is 11.9. The number of hydrogen-bond acceptors (Lipinski definition) is 3. The minimum Gasteiger partial charge on any atom is -0.310 e. The second-order valence-electron chi connectivity index (χ2n) is 4.66. The Morgan fingerprint density at radius 1 is 1.24 bits per heavy atom. The summed E-state index contributed by atoms with van der Waals surface area (Å²) in [6.45, 7) is 0. The van der Waals surface area contributed by atoms with E-state index in [4.69, 9.17) is 0 Å². The van der Waals surface area contributed by atoms with Crippen molar-refractivity contribution in [3.63, 3.8) is 0 Å². The summed E-state index contributed by atoms with van der Waals surface area (Å²) in [5, 5.41) is 0.576. The van der Waals surface area contributed by atoms with E-state index in [0.29, 0.717) is 17.0 Å². The molecule has 0 aromatic carbocycles. The predicted molar refractivity (Wildman–Crippen MR) is 66.0 cm³/mol. The Balaban J connectivity index is 2.08. The smallest absolute Gasteiger partial charge is 0.260 e. The molecule has 88 valence electrons. The molecule has 0 saturated heterocycles. The molecule has 1 aliphatic rings. The van der Waals surface area contributed by atoms with E-state index >= 15 is 0 Å². The van der Waals surface area contributed by atoms with Crippen molar-refractivity contribution >= 4 is 11.0 Å². The molecule has 1 N–H and O–H groups in total. The Morgan fingerprint density at radius 3 is 2.88 bits per heavy atom. The van der Waals surface area contributed by atoms with Gasteiger partial charge in [-0.3, -0.25) is 4.79 Å². The van der Waals surface area contributed by atoms with Gasteiger partial charge < -0.3 is 4.98 Å². The van der Waals surface area contributed by atoms with Gasteiger partial charge in [-0.2, -0.15) is 0 Å². The van der Waals surface area contributed by atoms with Gasteiger partial charge in [-0.05, 0) is 25.0 Å². The summed E-state index contributed by atoms with van der Waals surface area (Å²) in [6, 6.07) is 3.53. The average molecular weight is 229 g/mol. The van der Waals surface area contributed by atoms with Crippen LogP contribution in [0.2, 0.25) is 0 Å². The first-order valence-corrected chi connectivity index (χ1v) is 6.19. The van der Waals surface area contributed by atoms with E-state index in [9.17, 15) is 4.79 Å². The SMILES string of the molecule is O=c1[nH]c(C2CCCCC2)nc2ncccc12. The Bertz CT molecular complexity index is 584. The first kappa shape index (κ1) is 10.4. The summed E-state index contributed by atoms with van der Waals surface area (Å²) in [4.78, 5) is 23.5. The largest absolute Gasteiger partial charge is 0.310 e. The van der Waals surface area contributed by atoms with Crippen molar-refractivity contribution in [1.29, 1.82) is 0 Å². The Hall–Kier alpha value is -1.71. The van der Waals surface area contributed by atoms with Crippen LogP contribution in [0.15, 0.2) is 23.1 Å². The first-order valence-electron chi connectivity index (χ1n) is 6.19. The minimum atomic E-state index is -0.0660. The molecule has 0 spiro atoms. The van der Waals surface area contributed by atoms with Crippen LogP contribution in [-0.4, -0.2) is 15.0 Å². The second-order valence-corrected chi connectivity index (χ2v) is 4.66. The van der Waals surface area contributed by atoms with Crippen LogP contribution in [0.25, 0.3) is 11.0 Å². The molecule has 0 atom stereocenters. The summed E-state index contributed by atoms with van der Waals surface area (Å²) < 4.78 is 0. The fourth-order valence-corrected chi connectivity index (χ4v) is 2.56. The maximum Gasteiger partial charge on any atom is 0.260 e. The highest BCUT2D eigenvalue weighted by Gasteiger charge is 2.18. The van der Waals surface area contributed by atoms with Crippen LogP contribution in [0, 0.1) is 0 Å². The Kier molecular flexibility index (Phi) is 2.63. The van der Waals surface area contributed by atoms with Crippen LogP contribution in [-0.2, 0) is 0 Å². The van der Waals surface area contributed by atoms with Crippen LogP contribution in [0.4, 0.5) is 0 Å². The van der Waals surface area contributed by atoms with E-state index in [1.165, 1.54) is 19.3 Å². The molecule has 0 amide bonds. The molecule has 0 radical (unpaired) electrons. The molecular weight excluding hydrogens is 214 g/mol. The zero-order valence-corrected chi connectivity index (χ0v) is 9.65. The van der Waals surface area contributed by atoms with Gasteiger partial charge in [0.05, 0.1) is 5.39 Å². The zero-order valence-electron chi connectivity index (χ0n) is 9.65. The molecular formula is C13H15N3O. The van der Waals surface area contributed by atoms with Gasteiger partial charge in [-0.15, -0.1) is 0 Å². The van der Waals surface area contributed by atoms with Crippen molar-refractivity contribution < 1.29 is 0 Å². The highest BCUT2D eigenvalue weighted by Crippen LogP contribution is 2.30. The Morgan fingerprint density at radius 2 is 2.06 bits per heavy atom. The maximum atomic E-state index is 11.9. The van der Waals surface area contributed by atoms with E-state index in [-0.39, 0.29) is 5.56 Å². The molecule has 2 heterocycles. The first-order chi connectivity index (χ1) is 8.34. The van der Waals surface area contributed by atoms with E-state index < -0.39 is 0 Å². The van der Waals surface area contributed by atoms with Crippen molar-refractivity contribution in [3.8, 4) is 0 Å². The molecule has 0 unspecified atom stereocenters. The van der Waals surface area contributed by atoms with Gasteiger partial charge in [0.25, 0.3) is 5.56 Å². The molecule has 2 aromatic rings. The van der Waals surface area contributed by atoms with Crippen molar-refractivity contribution in [1.82, 2.24) is 15.0 Å². The number of H-pyrrole nitrogens is 1. The lowest BCUT2D eigenvalue weighted by molar-refractivity contribution is 0.429. The number of nitrogens with one attached hydrogen (secondary N) is 1.